The largest absolute Gasteiger partial charge is 0.346 e. The minimum Gasteiger partial charge on any atom is -0.346 e. The maximum absolute atomic E-state index is 12.4. The molecule has 3 rings (SSSR count). The Bertz CT molecular complexity index is 994. The molecule has 0 spiro atoms. The number of rotatable bonds is 4. The van der Waals surface area contributed by atoms with Crippen molar-refractivity contribution in [2.24, 2.45) is 0 Å². The Morgan fingerprint density at radius 2 is 2.08 bits per heavy atom. The van der Waals surface area contributed by atoms with Gasteiger partial charge >= 0.3 is 5.69 Å². The van der Waals surface area contributed by atoms with Gasteiger partial charge < -0.3 is 10.3 Å². The van der Waals surface area contributed by atoms with Crippen LogP contribution in [0.4, 0.5) is 0 Å². The van der Waals surface area contributed by atoms with E-state index < -0.39 is 17.2 Å². The highest BCUT2D eigenvalue weighted by molar-refractivity contribution is 5.79. The van der Waals surface area contributed by atoms with E-state index in [2.05, 4.69) is 20.3 Å². The lowest BCUT2D eigenvalue weighted by atomic mass is 10.2. The molecule has 0 saturated heterocycles. The standard InChI is InChI=1S/C16H15N5O3/c1-10(12-6-7-17-9-18-12)19-14(22)8-21-15(23)11-4-2-3-5-13(11)20-16(21)24/h2-7,9-10H,8H2,1H3,(H,19,22)(H,20,24). The van der Waals surface area contributed by atoms with Crippen molar-refractivity contribution in [1.29, 1.82) is 0 Å². The van der Waals surface area contributed by atoms with Crippen LogP contribution in [0.3, 0.4) is 0 Å². The molecule has 3 aromatic rings. The van der Waals surface area contributed by atoms with Crippen molar-refractivity contribution in [1.82, 2.24) is 24.8 Å². The molecular formula is C16H15N5O3. The van der Waals surface area contributed by atoms with Gasteiger partial charge in [0, 0.05) is 6.20 Å². The van der Waals surface area contributed by atoms with E-state index in [-0.39, 0.29) is 12.6 Å². The molecule has 0 saturated carbocycles. The number of amides is 1. The molecule has 0 radical (unpaired) electrons. The maximum Gasteiger partial charge on any atom is 0.329 e. The van der Waals surface area contributed by atoms with Gasteiger partial charge in [-0.1, -0.05) is 12.1 Å². The van der Waals surface area contributed by atoms with E-state index in [9.17, 15) is 14.4 Å². The Morgan fingerprint density at radius 3 is 2.83 bits per heavy atom. The van der Waals surface area contributed by atoms with Crippen LogP contribution in [-0.4, -0.2) is 25.4 Å². The fourth-order valence-corrected chi connectivity index (χ4v) is 2.40. The van der Waals surface area contributed by atoms with Crippen LogP contribution in [-0.2, 0) is 11.3 Å². The molecule has 0 aliphatic carbocycles. The first-order valence-electron chi connectivity index (χ1n) is 7.33. The molecule has 8 heteroatoms. The second-order valence-electron chi connectivity index (χ2n) is 5.29. The highest BCUT2D eigenvalue weighted by Crippen LogP contribution is 2.07. The maximum atomic E-state index is 12.4. The summed E-state index contributed by atoms with van der Waals surface area (Å²) in [5, 5.41) is 3.06. The highest BCUT2D eigenvalue weighted by atomic mass is 16.2. The minimum absolute atomic E-state index is 0.355. The van der Waals surface area contributed by atoms with E-state index in [1.165, 1.54) is 6.33 Å². The molecule has 122 valence electrons. The van der Waals surface area contributed by atoms with Gasteiger partial charge in [0.25, 0.3) is 5.56 Å². The summed E-state index contributed by atoms with van der Waals surface area (Å²) in [7, 11) is 0. The molecule has 0 aliphatic rings. The number of carbonyl (C=O) groups is 1. The fraction of sp³-hybridized carbons (Fsp3) is 0.188. The number of nitrogens with one attached hydrogen (secondary N) is 2. The highest BCUT2D eigenvalue weighted by Gasteiger charge is 2.14. The predicted molar refractivity (Wildman–Crippen MR) is 87.4 cm³/mol. The number of hydrogen-bond donors (Lipinski definition) is 2. The van der Waals surface area contributed by atoms with Crippen LogP contribution in [0.2, 0.25) is 0 Å². The Balaban J connectivity index is 1.83. The number of H-pyrrole nitrogens is 1. The number of nitrogens with zero attached hydrogens (tertiary/aromatic N) is 3. The average molecular weight is 325 g/mol. The van der Waals surface area contributed by atoms with Crippen molar-refractivity contribution in [3.8, 4) is 0 Å². The van der Waals surface area contributed by atoms with Crippen LogP contribution in [0.15, 0.2) is 52.4 Å². The monoisotopic (exact) mass is 325 g/mol. The number of hydrogen-bond acceptors (Lipinski definition) is 5. The normalized spacial score (nSPS) is 12.0. The summed E-state index contributed by atoms with van der Waals surface area (Å²) in [5.74, 6) is -0.455. The van der Waals surface area contributed by atoms with E-state index in [1.807, 2.05) is 0 Å². The zero-order valence-electron chi connectivity index (χ0n) is 12.9. The Hall–Kier alpha value is -3.29. The van der Waals surface area contributed by atoms with Gasteiger partial charge in [0.1, 0.15) is 12.9 Å². The number of aromatic nitrogens is 4. The lowest BCUT2D eigenvalue weighted by Gasteiger charge is -2.13. The summed E-state index contributed by atoms with van der Waals surface area (Å²) in [6, 6.07) is 7.98. The van der Waals surface area contributed by atoms with E-state index in [0.29, 0.717) is 16.6 Å². The van der Waals surface area contributed by atoms with Crippen LogP contribution >= 0.6 is 0 Å². The SMILES string of the molecule is CC(NC(=O)Cn1c(=O)[nH]c2ccccc2c1=O)c1ccncn1. The third kappa shape index (κ3) is 3.07. The molecule has 24 heavy (non-hydrogen) atoms. The van der Waals surface area contributed by atoms with E-state index in [4.69, 9.17) is 0 Å². The summed E-state index contributed by atoms with van der Waals surface area (Å²) < 4.78 is 0.879. The van der Waals surface area contributed by atoms with Crippen molar-refractivity contribution >= 4 is 16.8 Å². The zero-order chi connectivity index (χ0) is 17.1. The molecule has 2 aromatic heterocycles. The number of fused-ring (bicyclic) bond motifs is 1. The molecule has 1 amide bonds. The Kier molecular flexibility index (Phi) is 4.19. The first kappa shape index (κ1) is 15.6. The quantitative estimate of drug-likeness (QED) is 0.719. The Labute approximate surface area is 136 Å². The van der Waals surface area contributed by atoms with Gasteiger partial charge in [0.15, 0.2) is 0 Å². The lowest BCUT2D eigenvalue weighted by molar-refractivity contribution is -0.122. The van der Waals surface area contributed by atoms with Crippen molar-refractivity contribution in [2.45, 2.75) is 19.5 Å². The number of aromatic amines is 1. The molecule has 1 atom stereocenters. The smallest absolute Gasteiger partial charge is 0.329 e. The predicted octanol–water partition coefficient (Wildman–Crippen LogP) is 0.357. The number of para-hydroxylation sites is 1. The Morgan fingerprint density at radius 1 is 1.29 bits per heavy atom. The molecule has 8 nitrogen and oxygen atoms in total. The number of benzene rings is 1. The van der Waals surface area contributed by atoms with Gasteiger partial charge in [0.2, 0.25) is 5.91 Å². The summed E-state index contributed by atoms with van der Waals surface area (Å²) in [6.45, 7) is 1.39. The van der Waals surface area contributed by atoms with Gasteiger partial charge in [-0.25, -0.2) is 14.8 Å². The fourth-order valence-electron chi connectivity index (χ4n) is 2.40. The van der Waals surface area contributed by atoms with Crippen molar-refractivity contribution < 1.29 is 4.79 Å². The molecule has 1 unspecified atom stereocenters. The minimum atomic E-state index is -0.622. The van der Waals surface area contributed by atoms with E-state index >= 15 is 0 Å². The molecule has 2 heterocycles. The molecule has 0 bridgehead atoms. The lowest BCUT2D eigenvalue weighted by Crippen LogP contribution is -2.41. The van der Waals surface area contributed by atoms with Crippen molar-refractivity contribution in [3.05, 3.63) is 69.4 Å². The topological polar surface area (TPSA) is 110 Å². The van der Waals surface area contributed by atoms with E-state index in [1.54, 1.807) is 43.5 Å². The van der Waals surface area contributed by atoms with Crippen LogP contribution in [0.25, 0.3) is 10.9 Å². The van der Waals surface area contributed by atoms with Gasteiger partial charge in [-0.05, 0) is 25.1 Å². The molecule has 0 aliphatic heterocycles. The summed E-state index contributed by atoms with van der Waals surface area (Å²) in [4.78, 5) is 47.1. The third-order valence-electron chi connectivity index (χ3n) is 3.62. The van der Waals surface area contributed by atoms with Gasteiger partial charge in [-0.3, -0.25) is 14.2 Å². The summed E-state index contributed by atoms with van der Waals surface area (Å²) >= 11 is 0. The molecule has 0 fully saturated rings. The van der Waals surface area contributed by atoms with Gasteiger partial charge in [-0.2, -0.15) is 0 Å². The third-order valence-corrected chi connectivity index (χ3v) is 3.62. The first-order chi connectivity index (χ1) is 11.6. The second-order valence-corrected chi connectivity index (χ2v) is 5.29. The summed E-state index contributed by atoms with van der Waals surface area (Å²) in [5.41, 5.74) is -0.0423. The molecule has 1 aromatic carbocycles. The molecular weight excluding hydrogens is 310 g/mol. The van der Waals surface area contributed by atoms with Crippen molar-refractivity contribution in [3.63, 3.8) is 0 Å². The van der Waals surface area contributed by atoms with Crippen LogP contribution in [0, 0.1) is 0 Å². The van der Waals surface area contributed by atoms with Crippen LogP contribution in [0.1, 0.15) is 18.7 Å². The summed E-state index contributed by atoms with van der Waals surface area (Å²) in [6.07, 6.45) is 2.96. The van der Waals surface area contributed by atoms with Crippen LogP contribution < -0.4 is 16.6 Å². The average Bonchev–Trinajstić information content (AvgIpc) is 2.59. The van der Waals surface area contributed by atoms with Gasteiger partial charge in [-0.15, -0.1) is 0 Å². The first-order valence-corrected chi connectivity index (χ1v) is 7.33. The van der Waals surface area contributed by atoms with E-state index in [0.717, 1.165) is 4.57 Å². The van der Waals surface area contributed by atoms with Crippen molar-refractivity contribution in [2.75, 3.05) is 0 Å². The number of carbonyl (C=O) groups excluding carboxylic acids is 1. The van der Waals surface area contributed by atoms with Gasteiger partial charge in [0.05, 0.1) is 22.6 Å². The van der Waals surface area contributed by atoms with Crippen LogP contribution in [0.5, 0.6) is 0 Å². The second kappa shape index (κ2) is 6.45. The molecule has 2 N–H and O–H groups in total. The zero-order valence-corrected chi connectivity index (χ0v) is 12.9.